The number of nitrogens with one attached hydrogen (secondary N) is 1. The molecule has 1 fully saturated rings. The number of fused-ring (bicyclic) bond motifs is 1. The third-order valence-electron chi connectivity index (χ3n) is 5.76. The Kier molecular flexibility index (Phi) is 5.89. The minimum atomic E-state index is -0.587. The first-order valence-corrected chi connectivity index (χ1v) is 10.6. The quantitative estimate of drug-likeness (QED) is 0.658. The number of terminal acetylenes is 1. The van der Waals surface area contributed by atoms with Gasteiger partial charge in [-0.15, -0.1) is 12.3 Å². The van der Waals surface area contributed by atoms with Crippen molar-refractivity contribution < 1.29 is 14.0 Å². The molecule has 2 aromatic rings. The zero-order valence-corrected chi connectivity index (χ0v) is 17.3. The van der Waals surface area contributed by atoms with Gasteiger partial charge in [0.2, 0.25) is 11.8 Å². The van der Waals surface area contributed by atoms with Crippen LogP contribution in [0.1, 0.15) is 44.9 Å². The zero-order valence-electron chi connectivity index (χ0n) is 17.3. The number of carbonyl (C=O) groups excluding carboxylic acids is 2. The molecular formula is C22H25N5O4. The molecule has 0 bridgehead atoms. The van der Waals surface area contributed by atoms with Crippen LogP contribution in [0.4, 0.5) is 5.69 Å². The third-order valence-corrected chi connectivity index (χ3v) is 5.76. The van der Waals surface area contributed by atoms with E-state index in [1.54, 1.807) is 23.1 Å². The average Bonchev–Trinajstić information content (AvgIpc) is 3.49. The summed E-state index contributed by atoms with van der Waals surface area (Å²) in [4.78, 5) is 39.1. The fourth-order valence-corrected chi connectivity index (χ4v) is 3.87. The predicted molar refractivity (Wildman–Crippen MR) is 114 cm³/mol. The molecule has 2 aliphatic rings. The summed E-state index contributed by atoms with van der Waals surface area (Å²) < 4.78 is 6.59. The summed E-state index contributed by atoms with van der Waals surface area (Å²) in [6.07, 6.45) is 10.3. The topological polar surface area (TPSA) is 109 Å². The lowest BCUT2D eigenvalue weighted by Crippen LogP contribution is -2.39. The lowest BCUT2D eigenvalue weighted by Gasteiger charge is -2.26. The van der Waals surface area contributed by atoms with Crippen LogP contribution in [0.25, 0.3) is 11.1 Å². The second-order valence-corrected chi connectivity index (χ2v) is 8.01. The molecule has 1 saturated heterocycles. The highest BCUT2D eigenvalue weighted by atomic mass is 16.4. The highest BCUT2D eigenvalue weighted by Crippen LogP contribution is 2.37. The van der Waals surface area contributed by atoms with E-state index in [4.69, 9.17) is 10.8 Å². The number of nitrogens with zero attached hydrogens (tertiary/aromatic N) is 4. The molecule has 9 heteroatoms. The van der Waals surface area contributed by atoms with Crippen molar-refractivity contribution in [2.75, 3.05) is 18.4 Å². The van der Waals surface area contributed by atoms with E-state index < -0.39 is 11.4 Å². The van der Waals surface area contributed by atoms with E-state index in [2.05, 4.69) is 21.5 Å². The molecule has 162 valence electrons. The fraction of sp³-hybridized carbons (Fsp3) is 0.500. The Bertz CT molecular complexity index is 1110. The number of anilines is 1. The maximum atomic E-state index is 12.6. The Morgan fingerprint density at radius 1 is 1.19 bits per heavy atom. The standard InChI is InChI=1S/C22H25N5O4/c1-2-3-10-22(24-25-22)11-9-19(28)23-16-7-8-18-17(14-16)27(21(30)31-18)15-20(29)26-12-5-4-6-13-26/h1,7-8,14H,3-6,9-13,15H2,(H,23,28). The molecule has 0 saturated carbocycles. The van der Waals surface area contributed by atoms with Gasteiger partial charge in [-0.05, 0) is 37.5 Å². The molecule has 0 aliphatic carbocycles. The molecule has 0 atom stereocenters. The Morgan fingerprint density at radius 2 is 1.97 bits per heavy atom. The van der Waals surface area contributed by atoms with Crippen LogP contribution in [-0.2, 0) is 16.1 Å². The Hall–Kier alpha value is -3.41. The number of hydrogen-bond acceptors (Lipinski definition) is 6. The summed E-state index contributed by atoms with van der Waals surface area (Å²) in [6.45, 7) is 1.35. The summed E-state index contributed by atoms with van der Waals surface area (Å²) >= 11 is 0. The van der Waals surface area contributed by atoms with Crippen molar-refractivity contribution in [3.05, 3.63) is 28.7 Å². The van der Waals surface area contributed by atoms with Gasteiger partial charge in [0.1, 0.15) is 6.54 Å². The molecule has 3 heterocycles. The molecule has 0 radical (unpaired) electrons. The first-order chi connectivity index (χ1) is 15.0. The Morgan fingerprint density at radius 3 is 2.68 bits per heavy atom. The van der Waals surface area contributed by atoms with Crippen molar-refractivity contribution in [3.63, 3.8) is 0 Å². The normalized spacial score (nSPS) is 16.8. The first-order valence-electron chi connectivity index (χ1n) is 10.6. The van der Waals surface area contributed by atoms with Crippen molar-refractivity contribution in [3.8, 4) is 12.3 Å². The number of rotatable bonds is 8. The second-order valence-electron chi connectivity index (χ2n) is 8.01. The van der Waals surface area contributed by atoms with Gasteiger partial charge in [0.25, 0.3) is 0 Å². The van der Waals surface area contributed by atoms with Crippen molar-refractivity contribution in [1.29, 1.82) is 0 Å². The van der Waals surface area contributed by atoms with Gasteiger partial charge in [-0.2, -0.15) is 10.2 Å². The van der Waals surface area contributed by atoms with E-state index in [0.29, 0.717) is 49.1 Å². The lowest BCUT2D eigenvalue weighted by molar-refractivity contribution is -0.132. The molecule has 1 aromatic carbocycles. The summed E-state index contributed by atoms with van der Waals surface area (Å²) in [7, 11) is 0. The maximum absolute atomic E-state index is 12.6. The van der Waals surface area contributed by atoms with Crippen molar-refractivity contribution in [2.24, 2.45) is 10.2 Å². The monoisotopic (exact) mass is 423 g/mol. The summed E-state index contributed by atoms with van der Waals surface area (Å²) in [5, 5.41) is 10.9. The van der Waals surface area contributed by atoms with Crippen LogP contribution in [0.5, 0.6) is 0 Å². The van der Waals surface area contributed by atoms with Gasteiger partial charge in [0, 0.05) is 44.5 Å². The lowest BCUT2D eigenvalue weighted by atomic mass is 10.0. The highest BCUT2D eigenvalue weighted by Gasteiger charge is 2.39. The van der Waals surface area contributed by atoms with Crippen molar-refractivity contribution >= 4 is 28.6 Å². The van der Waals surface area contributed by atoms with Crippen LogP contribution in [0.2, 0.25) is 0 Å². The third kappa shape index (κ3) is 4.85. The average molecular weight is 423 g/mol. The molecule has 31 heavy (non-hydrogen) atoms. The SMILES string of the molecule is C#CCCC1(CCC(=O)Nc2ccc3oc(=O)n(CC(=O)N4CCCCC4)c3c2)N=N1. The summed E-state index contributed by atoms with van der Waals surface area (Å²) in [5.41, 5.74) is 0.872. The summed E-state index contributed by atoms with van der Waals surface area (Å²) in [6, 6.07) is 4.94. The second kappa shape index (κ2) is 8.76. The van der Waals surface area contributed by atoms with E-state index in [1.165, 1.54) is 4.57 Å². The van der Waals surface area contributed by atoms with Gasteiger partial charge in [0.15, 0.2) is 11.2 Å². The van der Waals surface area contributed by atoms with Crippen molar-refractivity contribution in [2.45, 2.75) is 57.2 Å². The van der Waals surface area contributed by atoms with E-state index in [-0.39, 0.29) is 24.8 Å². The smallest absolute Gasteiger partial charge is 0.408 e. The van der Waals surface area contributed by atoms with Gasteiger partial charge in [-0.3, -0.25) is 14.2 Å². The van der Waals surface area contributed by atoms with E-state index >= 15 is 0 Å². The Balaban J connectivity index is 1.42. The van der Waals surface area contributed by atoms with Crippen LogP contribution < -0.4 is 11.1 Å². The molecule has 0 unspecified atom stereocenters. The maximum Gasteiger partial charge on any atom is 0.420 e. The van der Waals surface area contributed by atoms with E-state index in [1.807, 2.05) is 0 Å². The van der Waals surface area contributed by atoms with Gasteiger partial charge >= 0.3 is 5.76 Å². The number of oxazole rings is 1. The molecule has 9 nitrogen and oxygen atoms in total. The number of carbonyl (C=O) groups is 2. The van der Waals surface area contributed by atoms with Gasteiger partial charge in [-0.1, -0.05) is 0 Å². The number of hydrogen-bond donors (Lipinski definition) is 1. The van der Waals surface area contributed by atoms with Crippen LogP contribution in [0, 0.1) is 12.3 Å². The van der Waals surface area contributed by atoms with Crippen LogP contribution in [-0.4, -0.2) is 40.0 Å². The van der Waals surface area contributed by atoms with Crippen LogP contribution in [0.15, 0.2) is 37.6 Å². The molecule has 4 rings (SSSR count). The molecule has 1 N–H and O–H groups in total. The minimum absolute atomic E-state index is 0.0794. The van der Waals surface area contributed by atoms with Crippen LogP contribution in [0.3, 0.4) is 0 Å². The number of benzene rings is 1. The van der Waals surface area contributed by atoms with Crippen LogP contribution >= 0.6 is 0 Å². The van der Waals surface area contributed by atoms with Crippen molar-refractivity contribution in [1.82, 2.24) is 9.47 Å². The minimum Gasteiger partial charge on any atom is -0.408 e. The molecule has 1 aromatic heterocycles. The molecule has 0 spiro atoms. The predicted octanol–water partition coefficient (Wildman–Crippen LogP) is 2.90. The van der Waals surface area contributed by atoms with Gasteiger partial charge in [0.05, 0.1) is 5.52 Å². The summed E-state index contributed by atoms with van der Waals surface area (Å²) in [5.74, 6) is 1.69. The fourth-order valence-electron chi connectivity index (χ4n) is 3.87. The first kappa shape index (κ1) is 20.8. The zero-order chi connectivity index (χ0) is 21.8. The number of likely N-dealkylation sites (tertiary alicyclic amines) is 1. The molecule has 2 amide bonds. The number of piperidine rings is 1. The van der Waals surface area contributed by atoms with E-state index in [0.717, 1.165) is 19.3 Å². The van der Waals surface area contributed by atoms with Gasteiger partial charge < -0.3 is 14.6 Å². The van der Waals surface area contributed by atoms with Gasteiger partial charge in [-0.25, -0.2) is 4.79 Å². The molecular weight excluding hydrogens is 398 g/mol. The number of aromatic nitrogens is 1. The highest BCUT2D eigenvalue weighted by molar-refractivity contribution is 5.93. The largest absolute Gasteiger partial charge is 0.420 e. The molecule has 2 aliphatic heterocycles. The number of amides is 2. The Labute approximate surface area is 179 Å². The van der Waals surface area contributed by atoms with E-state index in [9.17, 15) is 14.4 Å².